The summed E-state index contributed by atoms with van der Waals surface area (Å²) in [7, 11) is 1.69. The van der Waals surface area contributed by atoms with Gasteiger partial charge in [-0.3, -0.25) is 4.79 Å². The summed E-state index contributed by atoms with van der Waals surface area (Å²) in [5, 5.41) is 0. The van der Waals surface area contributed by atoms with E-state index in [2.05, 4.69) is 33.0 Å². The molecule has 1 aromatic heterocycles. The summed E-state index contributed by atoms with van der Waals surface area (Å²) in [4.78, 5) is 20.2. The van der Waals surface area contributed by atoms with E-state index in [9.17, 15) is 4.79 Å². The highest BCUT2D eigenvalue weighted by atomic mass is 16.5. The lowest BCUT2D eigenvalue weighted by atomic mass is 10.0. The molecular weight excluding hydrogens is 366 g/mol. The molecule has 2 saturated heterocycles. The predicted octanol–water partition coefficient (Wildman–Crippen LogP) is 3.21. The number of ether oxygens (including phenoxy) is 2. The number of H-pyrrole nitrogens is 1. The average Bonchev–Trinajstić information content (AvgIpc) is 3.00. The zero-order valence-corrected chi connectivity index (χ0v) is 17.2. The standard InChI is InChI=1S/C23H31N3O3/c1-28-21-8-6-18(7-9-21)15-19-5-3-2-4-10-26(19)22-16-20(17-23(27)24-22)25-11-13-29-14-12-25/h6-9,16-17,19H,2-5,10-15H2,1H3,(H,24,27)/t19-/m0/s1. The monoisotopic (exact) mass is 397 g/mol. The van der Waals surface area contributed by atoms with Gasteiger partial charge in [-0.1, -0.05) is 25.0 Å². The van der Waals surface area contributed by atoms with Crippen molar-refractivity contribution >= 4 is 11.5 Å². The summed E-state index contributed by atoms with van der Waals surface area (Å²) in [6, 6.07) is 12.6. The van der Waals surface area contributed by atoms with Crippen molar-refractivity contribution in [2.45, 2.75) is 38.1 Å². The second kappa shape index (κ2) is 9.35. The summed E-state index contributed by atoms with van der Waals surface area (Å²) in [6.07, 6.45) is 5.72. The molecule has 4 rings (SSSR count). The maximum Gasteiger partial charge on any atom is 0.251 e. The van der Waals surface area contributed by atoms with Gasteiger partial charge in [-0.15, -0.1) is 0 Å². The molecule has 1 atom stereocenters. The van der Waals surface area contributed by atoms with Crippen LogP contribution in [0.4, 0.5) is 11.5 Å². The summed E-state index contributed by atoms with van der Waals surface area (Å²) in [5.74, 6) is 1.83. The molecular formula is C23H31N3O3. The van der Waals surface area contributed by atoms with Crippen LogP contribution >= 0.6 is 0 Å². The maximum absolute atomic E-state index is 12.5. The first-order chi connectivity index (χ1) is 14.2. The van der Waals surface area contributed by atoms with Gasteiger partial charge in [0, 0.05) is 43.5 Å². The number of hydrogen-bond donors (Lipinski definition) is 1. The van der Waals surface area contributed by atoms with E-state index in [0.717, 1.165) is 56.2 Å². The molecule has 156 valence electrons. The predicted molar refractivity (Wildman–Crippen MR) is 116 cm³/mol. The van der Waals surface area contributed by atoms with Crippen LogP contribution in [-0.4, -0.2) is 51.0 Å². The molecule has 2 aliphatic heterocycles. The number of nitrogens with zero attached hydrogens (tertiary/aromatic N) is 2. The highest BCUT2D eigenvalue weighted by molar-refractivity contribution is 5.56. The van der Waals surface area contributed by atoms with E-state index in [1.165, 1.54) is 18.4 Å². The molecule has 2 fully saturated rings. The molecule has 3 heterocycles. The molecule has 0 unspecified atom stereocenters. The van der Waals surface area contributed by atoms with Crippen molar-refractivity contribution in [1.29, 1.82) is 0 Å². The number of pyridine rings is 1. The van der Waals surface area contributed by atoms with Gasteiger partial charge in [0.05, 0.1) is 20.3 Å². The van der Waals surface area contributed by atoms with Crippen molar-refractivity contribution in [3.63, 3.8) is 0 Å². The summed E-state index contributed by atoms with van der Waals surface area (Å²) >= 11 is 0. The van der Waals surface area contributed by atoms with Gasteiger partial charge < -0.3 is 24.3 Å². The minimum absolute atomic E-state index is 0.0311. The van der Waals surface area contributed by atoms with Crippen LogP contribution in [0.15, 0.2) is 41.2 Å². The third kappa shape index (κ3) is 4.93. The van der Waals surface area contributed by atoms with E-state index >= 15 is 0 Å². The van der Waals surface area contributed by atoms with E-state index in [1.807, 2.05) is 12.1 Å². The van der Waals surface area contributed by atoms with E-state index < -0.39 is 0 Å². The van der Waals surface area contributed by atoms with E-state index in [-0.39, 0.29) is 5.56 Å². The Balaban J connectivity index is 1.59. The second-order valence-electron chi connectivity index (χ2n) is 7.94. The lowest BCUT2D eigenvalue weighted by Crippen LogP contribution is -2.39. The van der Waals surface area contributed by atoms with Gasteiger partial charge in [0.1, 0.15) is 11.6 Å². The highest BCUT2D eigenvalue weighted by Crippen LogP contribution is 2.27. The Labute approximate surface area is 172 Å². The molecule has 29 heavy (non-hydrogen) atoms. The Kier molecular flexibility index (Phi) is 6.39. The van der Waals surface area contributed by atoms with Crippen LogP contribution < -0.4 is 20.1 Å². The fourth-order valence-electron chi connectivity index (χ4n) is 4.41. The largest absolute Gasteiger partial charge is 0.497 e. The third-order valence-electron chi connectivity index (χ3n) is 6.01. The SMILES string of the molecule is COc1ccc(C[C@@H]2CCCCCN2c2cc(N3CCOCC3)cc(=O)[nH]2)cc1. The number of nitrogens with one attached hydrogen (secondary N) is 1. The number of hydrogen-bond acceptors (Lipinski definition) is 5. The molecule has 0 aliphatic carbocycles. The van der Waals surface area contributed by atoms with Crippen LogP contribution in [0.1, 0.15) is 31.2 Å². The first kappa shape index (κ1) is 19.8. The number of methoxy groups -OCH3 is 1. The first-order valence-corrected chi connectivity index (χ1v) is 10.7. The third-order valence-corrected chi connectivity index (χ3v) is 6.01. The topological polar surface area (TPSA) is 57.8 Å². The number of aromatic amines is 1. The van der Waals surface area contributed by atoms with Crippen molar-refractivity contribution in [2.75, 3.05) is 49.8 Å². The Morgan fingerprint density at radius 3 is 2.62 bits per heavy atom. The van der Waals surface area contributed by atoms with Gasteiger partial charge in [0.2, 0.25) is 0 Å². The number of aromatic nitrogens is 1. The average molecular weight is 398 g/mol. The fourth-order valence-corrected chi connectivity index (χ4v) is 4.41. The number of anilines is 2. The van der Waals surface area contributed by atoms with Crippen molar-refractivity contribution < 1.29 is 9.47 Å². The molecule has 1 aromatic carbocycles. The molecule has 2 aliphatic rings. The zero-order valence-electron chi connectivity index (χ0n) is 17.2. The van der Waals surface area contributed by atoms with Gasteiger partial charge in [-0.25, -0.2) is 0 Å². The summed E-state index contributed by atoms with van der Waals surface area (Å²) < 4.78 is 10.8. The van der Waals surface area contributed by atoms with Crippen LogP contribution in [0.25, 0.3) is 0 Å². The van der Waals surface area contributed by atoms with Crippen LogP contribution in [0.5, 0.6) is 5.75 Å². The van der Waals surface area contributed by atoms with E-state index in [1.54, 1.807) is 13.2 Å². The van der Waals surface area contributed by atoms with Gasteiger partial charge in [-0.05, 0) is 37.0 Å². The minimum atomic E-state index is -0.0311. The van der Waals surface area contributed by atoms with Crippen molar-refractivity contribution in [3.05, 3.63) is 52.3 Å². The Hall–Kier alpha value is -2.47. The summed E-state index contributed by atoms with van der Waals surface area (Å²) in [6.45, 7) is 4.07. The lowest BCUT2D eigenvalue weighted by molar-refractivity contribution is 0.122. The molecule has 0 radical (unpaired) electrons. The molecule has 1 N–H and O–H groups in total. The normalized spacial score (nSPS) is 20.4. The Bertz CT molecular complexity index is 843. The maximum atomic E-state index is 12.5. The molecule has 2 aromatic rings. The van der Waals surface area contributed by atoms with Gasteiger partial charge in [0.15, 0.2) is 0 Å². The van der Waals surface area contributed by atoms with Crippen LogP contribution in [0, 0.1) is 0 Å². The van der Waals surface area contributed by atoms with Crippen LogP contribution in [0.2, 0.25) is 0 Å². The van der Waals surface area contributed by atoms with Gasteiger partial charge in [-0.2, -0.15) is 0 Å². The quantitative estimate of drug-likeness (QED) is 0.840. The van der Waals surface area contributed by atoms with E-state index in [4.69, 9.17) is 9.47 Å². The zero-order chi connectivity index (χ0) is 20.1. The molecule has 6 heteroatoms. The van der Waals surface area contributed by atoms with Gasteiger partial charge in [0.25, 0.3) is 5.56 Å². The van der Waals surface area contributed by atoms with Crippen LogP contribution in [-0.2, 0) is 11.2 Å². The van der Waals surface area contributed by atoms with Crippen LogP contribution in [0.3, 0.4) is 0 Å². The number of rotatable bonds is 5. The molecule has 0 saturated carbocycles. The number of morpholine rings is 1. The summed E-state index contributed by atoms with van der Waals surface area (Å²) in [5.41, 5.74) is 2.27. The molecule has 0 bridgehead atoms. The van der Waals surface area contributed by atoms with E-state index in [0.29, 0.717) is 19.3 Å². The smallest absolute Gasteiger partial charge is 0.251 e. The molecule has 6 nitrogen and oxygen atoms in total. The first-order valence-electron chi connectivity index (χ1n) is 10.7. The van der Waals surface area contributed by atoms with Crippen molar-refractivity contribution in [1.82, 2.24) is 4.98 Å². The minimum Gasteiger partial charge on any atom is -0.497 e. The van der Waals surface area contributed by atoms with Crippen molar-refractivity contribution in [2.24, 2.45) is 0 Å². The van der Waals surface area contributed by atoms with Crippen molar-refractivity contribution in [3.8, 4) is 5.75 Å². The Morgan fingerprint density at radius 2 is 1.86 bits per heavy atom. The highest BCUT2D eigenvalue weighted by Gasteiger charge is 2.24. The fraction of sp³-hybridized carbons (Fsp3) is 0.522. The van der Waals surface area contributed by atoms with Gasteiger partial charge >= 0.3 is 0 Å². The Morgan fingerprint density at radius 1 is 1.07 bits per heavy atom. The second-order valence-corrected chi connectivity index (χ2v) is 7.94. The molecule has 0 spiro atoms. The lowest BCUT2D eigenvalue weighted by Gasteiger charge is -2.34. The molecule has 0 amide bonds. The number of benzene rings is 1.